The van der Waals surface area contributed by atoms with E-state index in [4.69, 9.17) is 9.97 Å². The number of aromatic nitrogens is 4. The summed E-state index contributed by atoms with van der Waals surface area (Å²) in [6.07, 6.45) is -4.55. The van der Waals surface area contributed by atoms with Crippen molar-refractivity contribution in [1.82, 2.24) is 19.9 Å². The topological polar surface area (TPSA) is 57.4 Å². The lowest BCUT2D eigenvalue weighted by Gasteiger charge is -2.11. The Morgan fingerprint density at radius 3 is 1.30 bits per heavy atom. The zero-order chi connectivity index (χ0) is 29.6. The Labute approximate surface area is 248 Å². The van der Waals surface area contributed by atoms with Crippen LogP contribution in [0, 0.1) is 0 Å². The Morgan fingerprint density at radius 1 is 0.432 bits per heavy atom. The standard InChI is InChI=1S/C37H21F3N4/c38-37(39,40)27-15-7-14-26-34-18-32-23-11-4-3-10-22(23)30(42-32)16-28-20-8-1-2-9-21(20)29(41-28)17-31-24-12-5-6-13-25(24)33(43-31)19-35(44-34)36(26)27/h1-19,42-43H. The van der Waals surface area contributed by atoms with Gasteiger partial charge in [-0.1, -0.05) is 84.9 Å². The largest absolute Gasteiger partial charge is 0.417 e. The Bertz CT molecular complexity index is 2500. The predicted octanol–water partition coefficient (Wildman–Crippen LogP) is 10.3. The van der Waals surface area contributed by atoms with Crippen LogP contribution in [-0.4, -0.2) is 19.9 Å². The van der Waals surface area contributed by atoms with Crippen LogP contribution in [0.2, 0.25) is 0 Å². The number of aromatic amines is 2. The van der Waals surface area contributed by atoms with E-state index >= 15 is 0 Å². The van der Waals surface area contributed by atoms with Gasteiger partial charge in [-0.3, -0.25) is 0 Å². The second-order valence-electron chi connectivity index (χ2n) is 11.1. The first-order chi connectivity index (χ1) is 21.4. The highest BCUT2D eigenvalue weighted by molar-refractivity contribution is 6.10. The molecule has 4 aromatic carbocycles. The van der Waals surface area contributed by atoms with E-state index in [2.05, 4.69) is 22.1 Å². The van der Waals surface area contributed by atoms with Gasteiger partial charge in [0.05, 0.1) is 28.3 Å². The Kier molecular flexibility index (Phi) is 5.03. The molecule has 9 rings (SSSR count). The minimum absolute atomic E-state index is 0.0790. The third kappa shape index (κ3) is 3.65. The third-order valence-corrected chi connectivity index (χ3v) is 8.54. The summed E-state index contributed by atoms with van der Waals surface area (Å²) in [5.74, 6) is 0. The lowest BCUT2D eigenvalue weighted by molar-refractivity contribution is -0.137. The van der Waals surface area contributed by atoms with Crippen molar-refractivity contribution in [2.24, 2.45) is 0 Å². The first kappa shape index (κ1) is 24.9. The summed E-state index contributed by atoms with van der Waals surface area (Å²) in [6, 6.07) is 35.9. The van der Waals surface area contributed by atoms with Crippen molar-refractivity contribution in [2.45, 2.75) is 6.18 Å². The maximum absolute atomic E-state index is 14.4. The normalized spacial score (nSPS) is 12.4. The number of alkyl halides is 3. The molecule has 0 saturated heterocycles. The fourth-order valence-electron chi connectivity index (χ4n) is 6.61. The van der Waals surface area contributed by atoms with Crippen molar-refractivity contribution in [3.05, 3.63) is 121 Å². The van der Waals surface area contributed by atoms with E-state index in [0.29, 0.717) is 16.8 Å². The molecular formula is C37H21F3N4. The van der Waals surface area contributed by atoms with Crippen LogP contribution >= 0.6 is 0 Å². The van der Waals surface area contributed by atoms with Gasteiger partial charge in [-0.25, -0.2) is 9.97 Å². The monoisotopic (exact) mass is 578 g/mol. The molecule has 0 aliphatic carbocycles. The minimum atomic E-state index is -4.55. The average Bonchev–Trinajstić information content (AvgIpc) is 3.76. The summed E-state index contributed by atoms with van der Waals surface area (Å²) < 4.78 is 43.2. The molecule has 7 heteroatoms. The average molecular weight is 579 g/mol. The second-order valence-corrected chi connectivity index (χ2v) is 11.1. The van der Waals surface area contributed by atoms with E-state index in [1.807, 2.05) is 78.9 Å². The number of H-pyrrole nitrogens is 2. The molecule has 5 heterocycles. The molecular weight excluding hydrogens is 557 g/mol. The van der Waals surface area contributed by atoms with Crippen molar-refractivity contribution < 1.29 is 13.2 Å². The minimum Gasteiger partial charge on any atom is -0.354 e. The molecule has 0 unspecified atom stereocenters. The van der Waals surface area contributed by atoms with Crippen molar-refractivity contribution in [1.29, 1.82) is 0 Å². The molecule has 2 N–H and O–H groups in total. The van der Waals surface area contributed by atoms with Gasteiger partial charge in [-0.2, -0.15) is 13.2 Å². The van der Waals surface area contributed by atoms with Crippen LogP contribution in [0.3, 0.4) is 0 Å². The SMILES string of the molecule is FC(F)(F)c1cccc2c1-c1cc3[nH]c(cc4nc(cc5[nH]c(cc-2n1)c1ccccc51)-c1ccccc1-4)c1ccccc31. The smallest absolute Gasteiger partial charge is 0.354 e. The van der Waals surface area contributed by atoms with Crippen LogP contribution in [0.4, 0.5) is 13.2 Å². The van der Waals surface area contributed by atoms with Crippen LogP contribution < -0.4 is 0 Å². The molecule has 2 aliphatic rings. The van der Waals surface area contributed by atoms with E-state index < -0.39 is 11.7 Å². The van der Waals surface area contributed by atoms with E-state index in [1.54, 1.807) is 12.1 Å². The summed E-state index contributed by atoms with van der Waals surface area (Å²) >= 11 is 0. The summed E-state index contributed by atoms with van der Waals surface area (Å²) in [5, 5.41) is 3.76. The van der Waals surface area contributed by atoms with Crippen LogP contribution in [-0.2, 0) is 6.18 Å². The second kappa shape index (κ2) is 8.91. The lowest BCUT2D eigenvalue weighted by Crippen LogP contribution is -2.06. The summed E-state index contributed by atoms with van der Waals surface area (Å²) in [7, 11) is 0. The molecule has 0 atom stereocenters. The van der Waals surface area contributed by atoms with Gasteiger partial charge < -0.3 is 9.97 Å². The molecule has 210 valence electrons. The number of benzene rings is 4. The van der Waals surface area contributed by atoms with E-state index in [9.17, 15) is 13.2 Å². The van der Waals surface area contributed by atoms with E-state index in [1.165, 1.54) is 6.07 Å². The predicted molar refractivity (Wildman–Crippen MR) is 170 cm³/mol. The molecule has 4 nitrogen and oxygen atoms in total. The van der Waals surface area contributed by atoms with Gasteiger partial charge in [0.25, 0.3) is 0 Å². The van der Waals surface area contributed by atoms with Gasteiger partial charge in [-0.05, 0) is 30.3 Å². The Hall–Kier alpha value is -5.69. The number of hydrogen-bond donors (Lipinski definition) is 2. The van der Waals surface area contributed by atoms with Crippen LogP contribution in [0.1, 0.15) is 5.56 Å². The van der Waals surface area contributed by atoms with Gasteiger partial charge in [0.15, 0.2) is 0 Å². The summed E-state index contributed by atoms with van der Waals surface area (Å²) in [6.45, 7) is 0. The van der Waals surface area contributed by atoms with Crippen LogP contribution in [0.25, 0.3) is 88.6 Å². The Morgan fingerprint density at radius 2 is 0.818 bits per heavy atom. The summed E-state index contributed by atoms with van der Waals surface area (Å²) in [5.41, 5.74) is 7.32. The highest BCUT2D eigenvalue weighted by Crippen LogP contribution is 2.45. The molecule has 2 aliphatic heterocycles. The number of nitrogens with one attached hydrogen (secondary N) is 2. The Balaban J connectivity index is 1.51. The van der Waals surface area contributed by atoms with E-state index in [0.717, 1.165) is 66.7 Å². The number of nitrogens with zero attached hydrogens (tertiary/aromatic N) is 2. The highest BCUT2D eigenvalue weighted by atomic mass is 19.4. The van der Waals surface area contributed by atoms with Crippen molar-refractivity contribution >= 4 is 43.6 Å². The third-order valence-electron chi connectivity index (χ3n) is 8.54. The molecule has 0 fully saturated rings. The van der Waals surface area contributed by atoms with Crippen molar-refractivity contribution in [3.63, 3.8) is 0 Å². The van der Waals surface area contributed by atoms with Gasteiger partial charge >= 0.3 is 6.18 Å². The zero-order valence-electron chi connectivity index (χ0n) is 23.0. The maximum Gasteiger partial charge on any atom is 0.417 e. The first-order valence-corrected chi connectivity index (χ1v) is 14.2. The highest BCUT2D eigenvalue weighted by Gasteiger charge is 2.36. The molecule has 0 amide bonds. The van der Waals surface area contributed by atoms with Gasteiger partial charge in [0.1, 0.15) is 0 Å². The van der Waals surface area contributed by atoms with E-state index in [-0.39, 0.29) is 11.3 Å². The van der Waals surface area contributed by atoms with Crippen molar-refractivity contribution in [3.8, 4) is 45.0 Å². The number of hydrogen-bond acceptors (Lipinski definition) is 2. The molecule has 7 aromatic rings. The zero-order valence-corrected chi connectivity index (χ0v) is 23.0. The molecule has 8 bridgehead atoms. The molecule has 0 saturated carbocycles. The van der Waals surface area contributed by atoms with Crippen LogP contribution in [0.15, 0.2) is 115 Å². The van der Waals surface area contributed by atoms with Gasteiger partial charge in [0, 0.05) is 65.9 Å². The van der Waals surface area contributed by atoms with Gasteiger partial charge in [-0.15, -0.1) is 0 Å². The van der Waals surface area contributed by atoms with Gasteiger partial charge in [0.2, 0.25) is 0 Å². The van der Waals surface area contributed by atoms with Crippen molar-refractivity contribution in [2.75, 3.05) is 0 Å². The fraction of sp³-hybridized carbons (Fsp3) is 0.0270. The molecule has 3 aromatic heterocycles. The van der Waals surface area contributed by atoms with Crippen LogP contribution in [0.5, 0.6) is 0 Å². The maximum atomic E-state index is 14.4. The molecule has 0 radical (unpaired) electrons. The number of halogens is 3. The summed E-state index contributed by atoms with van der Waals surface area (Å²) in [4.78, 5) is 16.9. The lowest BCUT2D eigenvalue weighted by atomic mass is 9.98. The number of rotatable bonds is 0. The number of fused-ring (bicyclic) bond motifs is 20. The fourth-order valence-corrected chi connectivity index (χ4v) is 6.61. The first-order valence-electron chi connectivity index (χ1n) is 14.2. The molecule has 44 heavy (non-hydrogen) atoms. The quantitative estimate of drug-likeness (QED) is 0.188. The molecule has 0 spiro atoms.